The minimum atomic E-state index is -0.938. The Kier molecular flexibility index (Phi) is 13.5. The van der Waals surface area contributed by atoms with Crippen molar-refractivity contribution in [3.05, 3.63) is 35.4 Å². The fraction of sp³-hybridized carbons (Fsp3) is 0.690. The van der Waals surface area contributed by atoms with Crippen molar-refractivity contribution in [2.45, 2.75) is 117 Å². The van der Waals surface area contributed by atoms with Crippen molar-refractivity contribution in [1.29, 1.82) is 0 Å². The second-order valence-corrected chi connectivity index (χ2v) is 12.0. The third-order valence-electron chi connectivity index (χ3n) is 5.75. The summed E-state index contributed by atoms with van der Waals surface area (Å²) in [7, 11) is 0. The molecule has 0 saturated carbocycles. The van der Waals surface area contributed by atoms with Crippen LogP contribution in [0, 0.1) is 6.92 Å². The van der Waals surface area contributed by atoms with Gasteiger partial charge in [0.25, 0.3) is 0 Å². The lowest BCUT2D eigenvalue weighted by Crippen LogP contribution is -2.55. The summed E-state index contributed by atoms with van der Waals surface area (Å²) < 4.78 is 5.38. The van der Waals surface area contributed by atoms with Gasteiger partial charge in [-0.25, -0.2) is 4.79 Å². The van der Waals surface area contributed by atoms with E-state index in [9.17, 15) is 14.4 Å². The van der Waals surface area contributed by atoms with Gasteiger partial charge in [0.2, 0.25) is 11.8 Å². The van der Waals surface area contributed by atoms with E-state index < -0.39 is 29.3 Å². The standard InChI is InChI=1S/C29H49N3O4S/c1-9-10-11-12-13-16-19-32(26(34)23(20-37)30-27(35)36-29(6,7)8)24(25(33)31-28(3,4)5)22-18-15-14-17-21(22)2/h14-15,17-18,23-24,37H,9-13,16,19-20H2,1-8H3,(H,30,35)(H,31,33). The Balaban J connectivity index is 3.37. The highest BCUT2D eigenvalue weighted by Gasteiger charge is 2.37. The van der Waals surface area contributed by atoms with Gasteiger partial charge >= 0.3 is 6.09 Å². The zero-order valence-corrected chi connectivity index (χ0v) is 25.0. The lowest BCUT2D eigenvalue weighted by molar-refractivity contribution is -0.142. The van der Waals surface area contributed by atoms with Crippen LogP contribution in [0.4, 0.5) is 4.79 Å². The van der Waals surface area contributed by atoms with Gasteiger partial charge in [-0.05, 0) is 66.0 Å². The van der Waals surface area contributed by atoms with Gasteiger partial charge in [0.15, 0.2) is 0 Å². The van der Waals surface area contributed by atoms with Gasteiger partial charge in [0.05, 0.1) is 0 Å². The number of nitrogens with one attached hydrogen (secondary N) is 2. The topological polar surface area (TPSA) is 87.7 Å². The van der Waals surface area contributed by atoms with Crippen molar-refractivity contribution in [1.82, 2.24) is 15.5 Å². The van der Waals surface area contributed by atoms with E-state index in [2.05, 4.69) is 30.2 Å². The average molecular weight is 536 g/mol. The Morgan fingerprint density at radius 2 is 1.57 bits per heavy atom. The SMILES string of the molecule is CCCCCCCCN(C(=O)C(CS)NC(=O)OC(C)(C)C)C(C(=O)NC(C)(C)C)c1ccccc1C. The van der Waals surface area contributed by atoms with E-state index in [-0.39, 0.29) is 17.6 Å². The molecule has 1 rings (SSSR count). The molecule has 0 aromatic heterocycles. The molecule has 1 aromatic rings. The second kappa shape index (κ2) is 15.3. The first-order chi connectivity index (χ1) is 17.2. The van der Waals surface area contributed by atoms with Gasteiger partial charge in [-0.1, -0.05) is 63.3 Å². The van der Waals surface area contributed by atoms with Gasteiger partial charge in [-0.15, -0.1) is 0 Å². The number of unbranched alkanes of at least 4 members (excludes halogenated alkanes) is 5. The van der Waals surface area contributed by atoms with E-state index >= 15 is 0 Å². The summed E-state index contributed by atoms with van der Waals surface area (Å²) in [5.41, 5.74) is 0.492. The molecule has 0 fully saturated rings. The van der Waals surface area contributed by atoms with Crippen molar-refractivity contribution in [2.24, 2.45) is 0 Å². The molecule has 0 aliphatic carbocycles. The molecule has 0 spiro atoms. The van der Waals surface area contributed by atoms with E-state index in [1.165, 1.54) is 6.42 Å². The summed E-state index contributed by atoms with van der Waals surface area (Å²) in [6.45, 7) is 15.5. The summed E-state index contributed by atoms with van der Waals surface area (Å²) in [5.74, 6) is -0.532. The summed E-state index contributed by atoms with van der Waals surface area (Å²) in [6.07, 6.45) is 5.59. The molecule has 2 atom stereocenters. The molecule has 0 heterocycles. The second-order valence-electron chi connectivity index (χ2n) is 11.7. The molecule has 3 amide bonds. The quantitative estimate of drug-likeness (QED) is 0.215. The number of amides is 3. The average Bonchev–Trinajstić information content (AvgIpc) is 2.77. The molecule has 0 aliphatic rings. The van der Waals surface area contributed by atoms with Crippen molar-refractivity contribution >= 4 is 30.5 Å². The van der Waals surface area contributed by atoms with E-state index in [1.54, 1.807) is 25.7 Å². The minimum absolute atomic E-state index is 0.0759. The molecule has 0 saturated heterocycles. The zero-order valence-electron chi connectivity index (χ0n) is 24.1. The smallest absolute Gasteiger partial charge is 0.408 e. The normalized spacial score (nSPS) is 13.4. The number of hydrogen-bond acceptors (Lipinski definition) is 5. The van der Waals surface area contributed by atoms with Crippen LogP contribution in [0.2, 0.25) is 0 Å². The molecule has 0 bridgehead atoms. The number of thiol groups is 1. The van der Waals surface area contributed by atoms with Crippen LogP contribution in [0.1, 0.15) is 104 Å². The van der Waals surface area contributed by atoms with Crippen LogP contribution in [0.25, 0.3) is 0 Å². The number of carbonyl (C=O) groups excluding carboxylic acids is 3. The zero-order chi connectivity index (χ0) is 28.2. The predicted molar refractivity (Wildman–Crippen MR) is 154 cm³/mol. The van der Waals surface area contributed by atoms with Crippen molar-refractivity contribution in [3.63, 3.8) is 0 Å². The van der Waals surface area contributed by atoms with Crippen LogP contribution in [0.3, 0.4) is 0 Å². The Labute approximate surface area is 229 Å². The van der Waals surface area contributed by atoms with Crippen molar-refractivity contribution < 1.29 is 19.1 Å². The van der Waals surface area contributed by atoms with E-state index in [0.29, 0.717) is 6.54 Å². The third-order valence-corrected chi connectivity index (χ3v) is 6.11. The number of rotatable bonds is 13. The van der Waals surface area contributed by atoms with E-state index in [4.69, 9.17) is 4.74 Å². The van der Waals surface area contributed by atoms with Gasteiger partial charge in [-0.2, -0.15) is 12.6 Å². The number of benzene rings is 1. The van der Waals surface area contributed by atoms with Gasteiger partial charge in [-0.3, -0.25) is 9.59 Å². The van der Waals surface area contributed by atoms with Crippen molar-refractivity contribution in [2.75, 3.05) is 12.3 Å². The number of carbonyl (C=O) groups is 3. The van der Waals surface area contributed by atoms with E-state index in [0.717, 1.165) is 43.2 Å². The summed E-state index contributed by atoms with van der Waals surface area (Å²) in [6, 6.07) is 5.84. The number of aryl methyl sites for hydroxylation is 1. The minimum Gasteiger partial charge on any atom is -0.444 e. The predicted octanol–water partition coefficient (Wildman–Crippen LogP) is 5.96. The van der Waals surface area contributed by atoms with Crippen molar-refractivity contribution in [3.8, 4) is 0 Å². The largest absolute Gasteiger partial charge is 0.444 e. The van der Waals surface area contributed by atoms with E-state index in [1.807, 2.05) is 52.0 Å². The molecule has 0 radical (unpaired) electrons. The Morgan fingerprint density at radius 1 is 0.973 bits per heavy atom. The monoisotopic (exact) mass is 535 g/mol. The first-order valence-electron chi connectivity index (χ1n) is 13.5. The molecular weight excluding hydrogens is 486 g/mol. The third kappa shape index (κ3) is 12.2. The maximum Gasteiger partial charge on any atom is 0.408 e. The summed E-state index contributed by atoms with van der Waals surface area (Å²) >= 11 is 4.36. The van der Waals surface area contributed by atoms with Gasteiger partial charge in [0.1, 0.15) is 17.7 Å². The molecule has 2 unspecified atom stereocenters. The first kappa shape index (κ1) is 32.8. The fourth-order valence-corrected chi connectivity index (χ4v) is 4.29. The molecule has 210 valence electrons. The van der Waals surface area contributed by atoms with Gasteiger partial charge < -0.3 is 20.3 Å². The summed E-state index contributed by atoms with van der Waals surface area (Å²) in [5, 5.41) is 5.73. The van der Waals surface area contributed by atoms with Crippen LogP contribution >= 0.6 is 12.6 Å². The highest BCUT2D eigenvalue weighted by atomic mass is 32.1. The van der Waals surface area contributed by atoms with Crippen LogP contribution in [0.15, 0.2) is 24.3 Å². The van der Waals surface area contributed by atoms with Gasteiger partial charge in [0, 0.05) is 17.8 Å². The first-order valence-corrected chi connectivity index (χ1v) is 14.1. The lowest BCUT2D eigenvalue weighted by atomic mass is 9.96. The number of nitrogens with zero attached hydrogens (tertiary/aromatic N) is 1. The lowest BCUT2D eigenvalue weighted by Gasteiger charge is -2.36. The molecule has 7 nitrogen and oxygen atoms in total. The number of hydrogen-bond donors (Lipinski definition) is 3. The van der Waals surface area contributed by atoms with Crippen LogP contribution in [-0.4, -0.2) is 52.3 Å². The molecule has 2 N–H and O–H groups in total. The summed E-state index contributed by atoms with van der Waals surface area (Å²) in [4.78, 5) is 41.8. The number of alkyl carbamates (subject to hydrolysis) is 1. The van der Waals surface area contributed by atoms with Crippen LogP contribution < -0.4 is 10.6 Å². The van der Waals surface area contributed by atoms with Crippen LogP contribution in [0.5, 0.6) is 0 Å². The maximum absolute atomic E-state index is 14.0. The molecule has 37 heavy (non-hydrogen) atoms. The highest BCUT2D eigenvalue weighted by Crippen LogP contribution is 2.27. The highest BCUT2D eigenvalue weighted by molar-refractivity contribution is 7.80. The maximum atomic E-state index is 14.0. The molecule has 8 heteroatoms. The molecular formula is C29H49N3O4S. The fourth-order valence-electron chi connectivity index (χ4n) is 4.05. The Bertz CT molecular complexity index is 877. The van der Waals surface area contributed by atoms with Crippen LogP contribution in [-0.2, 0) is 14.3 Å². The Hall–Kier alpha value is -2.22. The molecule has 1 aromatic carbocycles. The molecule has 0 aliphatic heterocycles. The number of ether oxygens (including phenoxy) is 1. The Morgan fingerprint density at radius 3 is 2.11 bits per heavy atom.